The van der Waals surface area contributed by atoms with Crippen LogP contribution >= 0.6 is 0 Å². The lowest BCUT2D eigenvalue weighted by atomic mass is 10.2. The van der Waals surface area contributed by atoms with E-state index in [9.17, 15) is 9.90 Å². The summed E-state index contributed by atoms with van der Waals surface area (Å²) in [5.74, 6) is 0.330. The summed E-state index contributed by atoms with van der Waals surface area (Å²) in [6, 6.07) is 3.26. The largest absolute Gasteiger partial charge is 0.463 e. The van der Waals surface area contributed by atoms with Gasteiger partial charge in [-0.2, -0.15) is 0 Å². The van der Waals surface area contributed by atoms with Crippen LogP contribution in [0.15, 0.2) is 16.5 Å². The first-order valence-electron chi connectivity index (χ1n) is 4.52. The van der Waals surface area contributed by atoms with Gasteiger partial charge in [0.05, 0.1) is 12.7 Å². The average Bonchev–Trinajstić information content (AvgIpc) is 2.71. The van der Waals surface area contributed by atoms with Crippen molar-refractivity contribution in [3.8, 4) is 0 Å². The third kappa shape index (κ3) is 1.80. The fourth-order valence-corrected chi connectivity index (χ4v) is 1.33. The van der Waals surface area contributed by atoms with Gasteiger partial charge in [0.2, 0.25) is 5.76 Å². The van der Waals surface area contributed by atoms with Crippen molar-refractivity contribution in [2.45, 2.75) is 24.9 Å². The smallest absolute Gasteiger partial charge is 0.373 e. The molecule has 0 aromatic carbocycles. The lowest BCUT2D eigenvalue weighted by Gasteiger charge is -2.02. The van der Waals surface area contributed by atoms with E-state index in [1.807, 2.05) is 0 Å². The van der Waals surface area contributed by atoms with E-state index in [4.69, 9.17) is 4.42 Å². The average molecular weight is 196 g/mol. The normalized spacial score (nSPS) is 17.9. The number of esters is 1. The van der Waals surface area contributed by atoms with E-state index in [2.05, 4.69) is 4.74 Å². The first-order chi connectivity index (χ1) is 6.63. The number of aliphatic hydroxyl groups is 1. The summed E-state index contributed by atoms with van der Waals surface area (Å²) < 4.78 is 9.72. The van der Waals surface area contributed by atoms with E-state index in [0.29, 0.717) is 12.2 Å². The van der Waals surface area contributed by atoms with Gasteiger partial charge in [0.15, 0.2) is 0 Å². The van der Waals surface area contributed by atoms with E-state index in [0.717, 1.165) is 12.8 Å². The quantitative estimate of drug-likeness (QED) is 0.736. The number of carbonyl (C=O) groups excluding carboxylic acids is 1. The van der Waals surface area contributed by atoms with E-state index < -0.39 is 11.6 Å². The fraction of sp³-hybridized carbons (Fsp3) is 0.500. The molecule has 1 heterocycles. The summed E-state index contributed by atoms with van der Waals surface area (Å²) >= 11 is 0. The second-order valence-corrected chi connectivity index (χ2v) is 3.66. The zero-order valence-corrected chi connectivity index (χ0v) is 7.95. The van der Waals surface area contributed by atoms with Gasteiger partial charge >= 0.3 is 5.97 Å². The lowest BCUT2D eigenvalue weighted by Crippen LogP contribution is -2.09. The molecule has 4 nitrogen and oxygen atoms in total. The topological polar surface area (TPSA) is 59.7 Å². The molecule has 0 unspecified atom stereocenters. The molecule has 0 saturated heterocycles. The molecular formula is C10H12O4. The van der Waals surface area contributed by atoms with Gasteiger partial charge in [-0.25, -0.2) is 4.79 Å². The van der Waals surface area contributed by atoms with Gasteiger partial charge < -0.3 is 14.3 Å². The van der Waals surface area contributed by atoms with Crippen molar-refractivity contribution < 1.29 is 19.1 Å². The molecule has 1 saturated carbocycles. The predicted molar refractivity (Wildman–Crippen MR) is 47.9 cm³/mol. The van der Waals surface area contributed by atoms with E-state index in [-0.39, 0.29) is 5.76 Å². The van der Waals surface area contributed by atoms with Crippen LogP contribution in [0.4, 0.5) is 0 Å². The van der Waals surface area contributed by atoms with E-state index >= 15 is 0 Å². The molecule has 0 radical (unpaired) electrons. The molecule has 1 aliphatic carbocycles. The monoisotopic (exact) mass is 196 g/mol. The van der Waals surface area contributed by atoms with E-state index in [1.54, 1.807) is 12.1 Å². The number of hydrogen-bond acceptors (Lipinski definition) is 4. The molecule has 0 spiro atoms. The van der Waals surface area contributed by atoms with Gasteiger partial charge in [0.1, 0.15) is 5.76 Å². The number of ether oxygens (including phenoxy) is 1. The summed E-state index contributed by atoms with van der Waals surface area (Å²) in [6.45, 7) is 0. The molecule has 0 aliphatic heterocycles. The van der Waals surface area contributed by atoms with Crippen molar-refractivity contribution in [3.63, 3.8) is 0 Å². The number of rotatable bonds is 3. The van der Waals surface area contributed by atoms with Crippen molar-refractivity contribution in [3.05, 3.63) is 23.7 Å². The maximum atomic E-state index is 11.0. The first-order valence-corrected chi connectivity index (χ1v) is 4.52. The van der Waals surface area contributed by atoms with E-state index in [1.165, 1.54) is 7.11 Å². The number of hydrogen-bond donors (Lipinski definition) is 1. The van der Waals surface area contributed by atoms with Gasteiger partial charge in [0, 0.05) is 6.42 Å². The molecule has 1 aromatic heterocycles. The maximum Gasteiger partial charge on any atom is 0.373 e. The van der Waals surface area contributed by atoms with Crippen molar-refractivity contribution in [2.75, 3.05) is 7.11 Å². The zero-order valence-electron chi connectivity index (χ0n) is 7.95. The SMILES string of the molecule is COC(=O)c1ccc(CC2(O)CC2)o1. The number of carbonyl (C=O) groups is 1. The molecule has 4 heteroatoms. The summed E-state index contributed by atoms with van der Waals surface area (Å²) in [4.78, 5) is 11.0. The highest BCUT2D eigenvalue weighted by Gasteiger charge is 2.41. The Labute approximate surface area is 81.5 Å². The van der Waals surface area contributed by atoms with Gasteiger partial charge in [-0.3, -0.25) is 0 Å². The third-order valence-electron chi connectivity index (χ3n) is 2.38. The maximum absolute atomic E-state index is 11.0. The van der Waals surface area contributed by atoms with Crippen LogP contribution in [-0.2, 0) is 11.2 Å². The molecule has 0 bridgehead atoms. The number of furan rings is 1. The second kappa shape index (κ2) is 3.13. The van der Waals surface area contributed by atoms with Crippen molar-refractivity contribution in [2.24, 2.45) is 0 Å². The number of methoxy groups -OCH3 is 1. The van der Waals surface area contributed by atoms with Gasteiger partial charge in [-0.15, -0.1) is 0 Å². The van der Waals surface area contributed by atoms with Crippen LogP contribution in [0.25, 0.3) is 0 Å². The van der Waals surface area contributed by atoms with Crippen molar-refractivity contribution in [1.29, 1.82) is 0 Å². The van der Waals surface area contributed by atoms with Gasteiger partial charge in [-0.1, -0.05) is 0 Å². The minimum absolute atomic E-state index is 0.187. The Hall–Kier alpha value is -1.29. The lowest BCUT2D eigenvalue weighted by molar-refractivity contribution is 0.0559. The summed E-state index contributed by atoms with van der Waals surface area (Å²) in [6.07, 6.45) is 2.09. The molecular weight excluding hydrogens is 184 g/mol. The Morgan fingerprint density at radius 2 is 2.36 bits per heavy atom. The molecule has 0 atom stereocenters. The Kier molecular flexibility index (Phi) is 2.07. The molecule has 14 heavy (non-hydrogen) atoms. The van der Waals surface area contributed by atoms with Crippen LogP contribution in [-0.4, -0.2) is 23.8 Å². The molecule has 1 N–H and O–H groups in total. The van der Waals surface area contributed by atoms with Gasteiger partial charge in [0.25, 0.3) is 0 Å². The highest BCUT2D eigenvalue weighted by molar-refractivity contribution is 5.86. The molecule has 1 aromatic rings. The van der Waals surface area contributed by atoms with Crippen LogP contribution in [0.2, 0.25) is 0 Å². The van der Waals surface area contributed by atoms with Crippen molar-refractivity contribution >= 4 is 5.97 Å². The van der Waals surface area contributed by atoms with Gasteiger partial charge in [-0.05, 0) is 25.0 Å². The van der Waals surface area contributed by atoms with Crippen LogP contribution in [0.3, 0.4) is 0 Å². The Morgan fingerprint density at radius 3 is 2.93 bits per heavy atom. The highest BCUT2D eigenvalue weighted by Crippen LogP contribution is 2.38. The first kappa shape index (κ1) is 9.27. The molecule has 2 rings (SSSR count). The van der Waals surface area contributed by atoms with Crippen LogP contribution in [0.1, 0.15) is 29.2 Å². The molecule has 1 aliphatic rings. The molecule has 76 valence electrons. The highest BCUT2D eigenvalue weighted by atomic mass is 16.5. The Balaban J connectivity index is 2.06. The van der Waals surface area contributed by atoms with Crippen LogP contribution in [0, 0.1) is 0 Å². The summed E-state index contributed by atoms with van der Waals surface area (Å²) in [5.41, 5.74) is -0.592. The minimum Gasteiger partial charge on any atom is -0.463 e. The van der Waals surface area contributed by atoms with Crippen LogP contribution < -0.4 is 0 Å². The third-order valence-corrected chi connectivity index (χ3v) is 2.38. The summed E-state index contributed by atoms with van der Waals surface area (Å²) in [7, 11) is 1.30. The van der Waals surface area contributed by atoms with Crippen LogP contribution in [0.5, 0.6) is 0 Å². The predicted octanol–water partition coefficient (Wildman–Crippen LogP) is 1.13. The molecule has 0 amide bonds. The fourth-order valence-electron chi connectivity index (χ4n) is 1.33. The Bertz CT molecular complexity index is 349. The van der Waals surface area contributed by atoms with Crippen molar-refractivity contribution in [1.82, 2.24) is 0 Å². The zero-order chi connectivity index (χ0) is 10.2. The standard InChI is InChI=1S/C10H12O4/c1-13-9(11)8-3-2-7(14-8)6-10(12)4-5-10/h2-3,12H,4-6H2,1H3. The summed E-state index contributed by atoms with van der Waals surface area (Å²) in [5, 5.41) is 9.61. The minimum atomic E-state index is -0.592. The Morgan fingerprint density at radius 1 is 1.64 bits per heavy atom. The second-order valence-electron chi connectivity index (χ2n) is 3.66. The molecule has 1 fully saturated rings.